The predicted octanol–water partition coefficient (Wildman–Crippen LogP) is 3.06. The number of nitrogens with one attached hydrogen (secondary N) is 1. The fraction of sp³-hybridized carbons (Fsp3) is 0.526. The number of piperidine rings is 1. The number of carbonyl (C=O) groups excluding carboxylic acids is 1. The minimum atomic E-state index is 0.0306. The number of nitrogens with zero attached hydrogens (tertiary/aromatic N) is 2. The predicted molar refractivity (Wildman–Crippen MR) is 95.1 cm³/mol. The molecule has 1 N–H and O–H groups in total. The Hall–Kier alpha value is -1.81. The van der Waals surface area contributed by atoms with Crippen LogP contribution in [0.5, 0.6) is 0 Å². The molecular weight excluding hydrogens is 286 g/mol. The van der Waals surface area contributed by atoms with Crippen LogP contribution in [0.25, 0.3) is 0 Å². The van der Waals surface area contributed by atoms with Crippen molar-refractivity contribution in [3.05, 3.63) is 42.0 Å². The molecule has 1 spiro atoms. The summed E-state index contributed by atoms with van der Waals surface area (Å²) < 4.78 is 0. The molecule has 1 saturated heterocycles. The minimum Gasteiger partial charge on any atom is -0.338 e. The van der Waals surface area contributed by atoms with E-state index in [9.17, 15) is 4.79 Å². The molecule has 2 aliphatic heterocycles. The van der Waals surface area contributed by atoms with Crippen molar-refractivity contribution in [2.24, 2.45) is 0 Å². The Morgan fingerprint density at radius 1 is 1.39 bits per heavy atom. The molecule has 0 aliphatic carbocycles. The fourth-order valence-corrected chi connectivity index (χ4v) is 3.98. The Morgan fingerprint density at radius 2 is 2.13 bits per heavy atom. The Bertz CT molecular complexity index is 603. The van der Waals surface area contributed by atoms with Gasteiger partial charge in [0, 0.05) is 30.7 Å². The Morgan fingerprint density at radius 3 is 2.78 bits per heavy atom. The molecule has 0 aromatic heterocycles. The van der Waals surface area contributed by atoms with Gasteiger partial charge in [0.15, 0.2) is 0 Å². The molecule has 0 saturated carbocycles. The topological polar surface area (TPSA) is 35.6 Å². The molecule has 2 amide bonds. The quantitative estimate of drug-likeness (QED) is 0.871. The van der Waals surface area contributed by atoms with Gasteiger partial charge in [-0.25, -0.2) is 4.79 Å². The summed E-state index contributed by atoms with van der Waals surface area (Å²) in [5.74, 6) is 0. The highest BCUT2D eigenvalue weighted by atomic mass is 16.2. The van der Waals surface area contributed by atoms with Gasteiger partial charge in [-0.05, 0) is 51.4 Å². The standard InChI is InChI=1S/C19H27N3O/c1-4-10-21-11-8-19(9-12-21)14-22(18(23)20-5-2)17-7-6-15(3)13-16(17)19/h4,6-7,13H,1,5,8-12,14H2,2-3H3,(H,20,23). The van der Waals surface area contributed by atoms with E-state index in [1.807, 2.05) is 17.9 Å². The maximum atomic E-state index is 12.5. The van der Waals surface area contributed by atoms with Crippen LogP contribution in [-0.2, 0) is 5.41 Å². The normalized spacial score (nSPS) is 19.7. The number of urea groups is 1. The van der Waals surface area contributed by atoms with Crippen molar-refractivity contribution in [3.8, 4) is 0 Å². The van der Waals surface area contributed by atoms with E-state index >= 15 is 0 Å². The summed E-state index contributed by atoms with van der Waals surface area (Å²) in [5, 5.41) is 2.96. The van der Waals surface area contributed by atoms with E-state index in [-0.39, 0.29) is 11.4 Å². The number of fused-ring (bicyclic) bond motifs is 2. The third-order valence-electron chi connectivity index (χ3n) is 5.25. The molecule has 1 fully saturated rings. The van der Waals surface area contributed by atoms with Crippen molar-refractivity contribution in [3.63, 3.8) is 0 Å². The number of rotatable bonds is 3. The smallest absolute Gasteiger partial charge is 0.321 e. The molecule has 23 heavy (non-hydrogen) atoms. The van der Waals surface area contributed by atoms with Crippen LogP contribution >= 0.6 is 0 Å². The maximum absolute atomic E-state index is 12.5. The number of benzene rings is 1. The molecule has 4 heteroatoms. The first kappa shape index (κ1) is 16.1. The van der Waals surface area contributed by atoms with Crippen LogP contribution in [0.2, 0.25) is 0 Å². The zero-order valence-electron chi connectivity index (χ0n) is 14.3. The SMILES string of the molecule is C=CCN1CCC2(CC1)CN(C(=O)NCC)c1ccc(C)cc12. The van der Waals surface area contributed by atoms with Crippen molar-refractivity contribution >= 4 is 11.7 Å². The zero-order chi connectivity index (χ0) is 16.4. The monoisotopic (exact) mass is 313 g/mol. The lowest BCUT2D eigenvalue weighted by Gasteiger charge is -2.39. The van der Waals surface area contributed by atoms with Crippen LogP contribution in [0.3, 0.4) is 0 Å². The first-order chi connectivity index (χ1) is 11.1. The van der Waals surface area contributed by atoms with Crippen molar-refractivity contribution in [2.75, 3.05) is 37.6 Å². The number of likely N-dealkylation sites (tertiary alicyclic amines) is 1. The van der Waals surface area contributed by atoms with Crippen LogP contribution < -0.4 is 10.2 Å². The van der Waals surface area contributed by atoms with Gasteiger partial charge in [0.1, 0.15) is 0 Å². The molecule has 0 atom stereocenters. The molecule has 4 nitrogen and oxygen atoms in total. The summed E-state index contributed by atoms with van der Waals surface area (Å²) >= 11 is 0. The lowest BCUT2D eigenvalue weighted by Crippen LogP contribution is -2.47. The first-order valence-electron chi connectivity index (χ1n) is 8.59. The number of hydrogen-bond acceptors (Lipinski definition) is 2. The van der Waals surface area contributed by atoms with Gasteiger partial charge in [-0.15, -0.1) is 6.58 Å². The average Bonchev–Trinajstić information content (AvgIpc) is 2.85. The van der Waals surface area contributed by atoms with Crippen molar-refractivity contribution in [2.45, 2.75) is 32.1 Å². The number of amides is 2. The van der Waals surface area contributed by atoms with Crippen molar-refractivity contribution in [1.29, 1.82) is 0 Å². The van der Waals surface area contributed by atoms with E-state index in [2.05, 4.69) is 41.9 Å². The van der Waals surface area contributed by atoms with Crippen LogP contribution in [0, 0.1) is 6.92 Å². The fourth-order valence-electron chi connectivity index (χ4n) is 3.98. The van der Waals surface area contributed by atoms with Crippen LogP contribution in [0.4, 0.5) is 10.5 Å². The van der Waals surface area contributed by atoms with Gasteiger partial charge < -0.3 is 5.32 Å². The molecular formula is C19H27N3O. The van der Waals surface area contributed by atoms with E-state index in [0.29, 0.717) is 6.54 Å². The van der Waals surface area contributed by atoms with E-state index < -0.39 is 0 Å². The van der Waals surface area contributed by atoms with Gasteiger partial charge in [0.25, 0.3) is 0 Å². The lowest BCUT2D eigenvalue weighted by molar-refractivity contribution is 0.180. The molecule has 1 aromatic carbocycles. The summed E-state index contributed by atoms with van der Waals surface area (Å²) in [6.07, 6.45) is 4.19. The third-order valence-corrected chi connectivity index (χ3v) is 5.25. The second-order valence-electron chi connectivity index (χ2n) is 6.81. The first-order valence-corrected chi connectivity index (χ1v) is 8.59. The van der Waals surface area contributed by atoms with Gasteiger partial charge in [-0.3, -0.25) is 9.80 Å². The van der Waals surface area contributed by atoms with E-state index in [1.165, 1.54) is 11.1 Å². The second kappa shape index (κ2) is 6.36. The Labute approximate surface area is 139 Å². The molecule has 124 valence electrons. The largest absolute Gasteiger partial charge is 0.338 e. The van der Waals surface area contributed by atoms with E-state index in [1.54, 1.807) is 0 Å². The van der Waals surface area contributed by atoms with Crippen LogP contribution in [0.15, 0.2) is 30.9 Å². The van der Waals surface area contributed by atoms with Gasteiger partial charge in [-0.1, -0.05) is 23.8 Å². The summed E-state index contributed by atoms with van der Waals surface area (Å²) in [6.45, 7) is 12.5. The van der Waals surface area contributed by atoms with Crippen molar-refractivity contribution in [1.82, 2.24) is 10.2 Å². The number of anilines is 1. The molecule has 0 unspecified atom stereocenters. The molecule has 3 rings (SSSR count). The highest BCUT2D eigenvalue weighted by Gasteiger charge is 2.46. The van der Waals surface area contributed by atoms with Crippen LogP contribution in [-0.4, -0.2) is 43.7 Å². The van der Waals surface area contributed by atoms with Gasteiger partial charge in [-0.2, -0.15) is 0 Å². The molecule has 2 aliphatic rings. The lowest BCUT2D eigenvalue weighted by atomic mass is 9.74. The second-order valence-corrected chi connectivity index (χ2v) is 6.81. The van der Waals surface area contributed by atoms with Gasteiger partial charge in [0.2, 0.25) is 0 Å². The van der Waals surface area contributed by atoms with Crippen molar-refractivity contribution < 1.29 is 4.79 Å². The summed E-state index contributed by atoms with van der Waals surface area (Å²) in [4.78, 5) is 16.9. The average molecular weight is 313 g/mol. The molecule has 1 aromatic rings. The zero-order valence-corrected chi connectivity index (χ0v) is 14.3. The Kier molecular flexibility index (Phi) is 4.44. The minimum absolute atomic E-state index is 0.0306. The number of hydrogen-bond donors (Lipinski definition) is 1. The molecule has 2 heterocycles. The van der Waals surface area contributed by atoms with Gasteiger partial charge in [0.05, 0.1) is 0 Å². The highest BCUT2D eigenvalue weighted by molar-refractivity contribution is 5.95. The molecule has 0 radical (unpaired) electrons. The van der Waals surface area contributed by atoms with E-state index in [4.69, 9.17) is 0 Å². The molecule has 0 bridgehead atoms. The van der Waals surface area contributed by atoms with Crippen LogP contribution in [0.1, 0.15) is 30.9 Å². The number of aryl methyl sites for hydroxylation is 1. The third kappa shape index (κ3) is 2.88. The highest BCUT2D eigenvalue weighted by Crippen LogP contribution is 2.47. The van der Waals surface area contributed by atoms with Gasteiger partial charge >= 0.3 is 6.03 Å². The number of carbonyl (C=O) groups is 1. The summed E-state index contributed by atoms with van der Waals surface area (Å²) in [7, 11) is 0. The summed E-state index contributed by atoms with van der Waals surface area (Å²) in [5.41, 5.74) is 3.85. The Balaban J connectivity index is 1.90. The van der Waals surface area contributed by atoms with E-state index in [0.717, 1.165) is 44.7 Å². The maximum Gasteiger partial charge on any atom is 0.321 e. The summed E-state index contributed by atoms with van der Waals surface area (Å²) in [6, 6.07) is 6.54.